The van der Waals surface area contributed by atoms with Crippen LogP contribution in [-0.4, -0.2) is 19.9 Å². The van der Waals surface area contributed by atoms with Crippen molar-refractivity contribution in [3.63, 3.8) is 0 Å². The van der Waals surface area contributed by atoms with Crippen molar-refractivity contribution in [2.75, 3.05) is 11.1 Å². The van der Waals surface area contributed by atoms with E-state index in [1.807, 2.05) is 18.2 Å². The molecule has 1 aliphatic heterocycles. The van der Waals surface area contributed by atoms with Gasteiger partial charge in [0, 0.05) is 11.4 Å². The molecular weight excluding hydrogens is 518 g/mol. The highest BCUT2D eigenvalue weighted by atomic mass is 16.6. The number of hydrogen-bond donors (Lipinski definition) is 3. The van der Waals surface area contributed by atoms with E-state index in [1.165, 1.54) is 16.7 Å². The molecule has 0 aliphatic carbocycles. The Morgan fingerprint density at radius 2 is 1.38 bits per heavy atom. The topological polar surface area (TPSA) is 188 Å². The van der Waals surface area contributed by atoms with Gasteiger partial charge in [0.05, 0.1) is 32.9 Å². The number of nitrogen functional groups attached to an aromatic ring is 1. The summed E-state index contributed by atoms with van der Waals surface area (Å²) in [6.07, 6.45) is 5.20. The van der Waals surface area contributed by atoms with E-state index in [0.29, 0.717) is 18.2 Å². The molecule has 0 radical (unpaired) electrons. The molecule has 4 N–H and O–H groups in total. The summed E-state index contributed by atoms with van der Waals surface area (Å²) in [6.45, 7) is 0. The zero-order chi connectivity index (χ0) is 28.8. The number of anilines is 2. The molecule has 0 fully saturated rings. The second kappa shape index (κ2) is 11.7. The van der Waals surface area contributed by atoms with E-state index in [2.05, 4.69) is 72.1 Å². The van der Waals surface area contributed by atoms with Gasteiger partial charge < -0.3 is 16.2 Å². The number of nitro benzene ring substituents is 3. The van der Waals surface area contributed by atoms with Crippen LogP contribution in [0, 0.1) is 30.3 Å². The molecule has 0 bridgehead atoms. The van der Waals surface area contributed by atoms with E-state index in [9.17, 15) is 30.3 Å². The fraction of sp³-hybridized carbons (Fsp3) is 0.0714. The van der Waals surface area contributed by atoms with E-state index in [4.69, 9.17) is 10.8 Å². The number of phenols is 1. The Labute approximate surface area is 227 Å². The van der Waals surface area contributed by atoms with Crippen LogP contribution >= 0.6 is 0 Å². The SMILES string of the molecule is Nc1cc2c(cc1/C=C/c1ccccc1)CC(c1ccccc1)N2.O=[N+]([O-])c1cc([N+](=O)[O-])c(O)c([N+](=O)[O-])c1. The molecule has 12 heteroatoms. The normalized spacial score (nSPS) is 13.6. The first-order chi connectivity index (χ1) is 19.1. The molecule has 4 aromatic carbocycles. The number of non-ortho nitro benzene ring substituents is 1. The summed E-state index contributed by atoms with van der Waals surface area (Å²) >= 11 is 0. The number of fused-ring (bicyclic) bond motifs is 1. The first-order valence-electron chi connectivity index (χ1n) is 11.9. The van der Waals surface area contributed by atoms with Crippen LogP contribution in [0.15, 0.2) is 84.9 Å². The Kier molecular flexibility index (Phi) is 7.99. The molecule has 1 atom stereocenters. The highest BCUT2D eigenvalue weighted by Crippen LogP contribution is 2.39. The standard InChI is InChI=1S/C22H20N2.C6H3N3O7/c23-20-15-22-19(14-21(24-22)17-9-5-2-6-10-17)13-18(20)12-11-16-7-3-1-4-8-16;10-6-4(8(13)14)1-3(7(11)12)2-5(6)9(15)16/h1-13,15,21,24H,14,23H2;1-2,10H/b12-11+;. The quantitative estimate of drug-likeness (QED) is 0.109. The van der Waals surface area contributed by atoms with Gasteiger partial charge in [-0.05, 0) is 40.8 Å². The van der Waals surface area contributed by atoms with Crippen molar-refractivity contribution in [2.45, 2.75) is 12.5 Å². The fourth-order valence-corrected chi connectivity index (χ4v) is 4.20. The van der Waals surface area contributed by atoms with Gasteiger partial charge in [-0.2, -0.15) is 0 Å². The molecule has 0 saturated carbocycles. The van der Waals surface area contributed by atoms with Crippen LogP contribution in [-0.2, 0) is 6.42 Å². The number of nitrogens with two attached hydrogens (primary N) is 1. The number of nitro groups is 3. The van der Waals surface area contributed by atoms with E-state index in [1.54, 1.807) is 0 Å². The van der Waals surface area contributed by atoms with Crippen LogP contribution in [0.2, 0.25) is 0 Å². The van der Waals surface area contributed by atoms with Crippen molar-refractivity contribution in [1.82, 2.24) is 0 Å². The lowest BCUT2D eigenvalue weighted by Gasteiger charge is -2.11. The third kappa shape index (κ3) is 6.19. The van der Waals surface area contributed by atoms with Crippen LogP contribution < -0.4 is 11.1 Å². The van der Waals surface area contributed by atoms with Crippen LogP contribution in [0.25, 0.3) is 12.2 Å². The van der Waals surface area contributed by atoms with E-state index >= 15 is 0 Å². The fourth-order valence-electron chi connectivity index (χ4n) is 4.20. The molecule has 1 heterocycles. The van der Waals surface area contributed by atoms with Gasteiger partial charge in [0.15, 0.2) is 0 Å². The van der Waals surface area contributed by atoms with Gasteiger partial charge in [0.25, 0.3) is 11.4 Å². The van der Waals surface area contributed by atoms with Crippen molar-refractivity contribution < 1.29 is 19.9 Å². The average Bonchev–Trinajstić information content (AvgIpc) is 3.35. The van der Waals surface area contributed by atoms with Crippen LogP contribution in [0.3, 0.4) is 0 Å². The predicted octanol–water partition coefficient (Wildman–Crippen LogP) is 6.27. The second-order valence-electron chi connectivity index (χ2n) is 8.80. The van der Waals surface area contributed by atoms with Crippen LogP contribution in [0.1, 0.15) is 28.3 Å². The minimum absolute atomic E-state index is 0.328. The Morgan fingerprint density at radius 1 is 0.800 bits per heavy atom. The molecule has 0 aromatic heterocycles. The number of phenolic OH excluding ortho intramolecular Hbond substituents is 1. The summed E-state index contributed by atoms with van der Waals surface area (Å²) in [4.78, 5) is 27.8. The molecule has 40 heavy (non-hydrogen) atoms. The summed E-state index contributed by atoms with van der Waals surface area (Å²) in [5.74, 6) is -1.21. The Morgan fingerprint density at radius 3 is 1.93 bits per heavy atom. The van der Waals surface area contributed by atoms with Gasteiger partial charge in [-0.1, -0.05) is 72.8 Å². The summed E-state index contributed by atoms with van der Waals surface area (Å²) in [5, 5.41) is 43.8. The molecular formula is C28H23N5O7. The van der Waals surface area contributed by atoms with Crippen molar-refractivity contribution in [2.24, 2.45) is 0 Å². The van der Waals surface area contributed by atoms with E-state index in [0.717, 1.165) is 23.4 Å². The molecule has 1 unspecified atom stereocenters. The van der Waals surface area contributed by atoms with Crippen LogP contribution in [0.4, 0.5) is 28.4 Å². The Bertz CT molecular complexity index is 1570. The maximum atomic E-state index is 10.4. The van der Waals surface area contributed by atoms with Crippen molar-refractivity contribution >= 4 is 40.6 Å². The first-order valence-corrected chi connectivity index (χ1v) is 11.9. The maximum absolute atomic E-state index is 10.4. The summed E-state index contributed by atoms with van der Waals surface area (Å²) in [5.41, 5.74) is 10.1. The maximum Gasteiger partial charge on any atom is 0.324 e. The monoisotopic (exact) mass is 541 g/mol. The van der Waals surface area contributed by atoms with Gasteiger partial charge >= 0.3 is 11.4 Å². The lowest BCUT2D eigenvalue weighted by atomic mass is 10.0. The third-order valence-corrected chi connectivity index (χ3v) is 6.18. The number of nitrogens with zero attached hydrogens (tertiary/aromatic N) is 3. The zero-order valence-corrected chi connectivity index (χ0v) is 20.8. The summed E-state index contributed by atoms with van der Waals surface area (Å²) in [7, 11) is 0. The molecule has 0 spiro atoms. The lowest BCUT2D eigenvalue weighted by Crippen LogP contribution is -2.04. The van der Waals surface area contributed by atoms with Gasteiger partial charge in [0.2, 0.25) is 0 Å². The van der Waals surface area contributed by atoms with Crippen LogP contribution in [0.5, 0.6) is 5.75 Å². The minimum atomic E-state index is -1.21. The Hall–Kier alpha value is -5.78. The van der Waals surface area contributed by atoms with Gasteiger partial charge in [-0.25, -0.2) is 0 Å². The average molecular weight is 542 g/mol. The summed E-state index contributed by atoms with van der Waals surface area (Å²) in [6, 6.07) is 26.3. The second-order valence-corrected chi connectivity index (χ2v) is 8.80. The van der Waals surface area contributed by atoms with Gasteiger partial charge in [0.1, 0.15) is 0 Å². The number of hydrogen-bond acceptors (Lipinski definition) is 9. The van der Waals surface area contributed by atoms with E-state index in [-0.39, 0.29) is 0 Å². The van der Waals surface area contributed by atoms with Crippen molar-refractivity contribution in [3.8, 4) is 5.75 Å². The number of rotatable bonds is 6. The molecule has 5 rings (SSSR count). The molecule has 202 valence electrons. The third-order valence-electron chi connectivity index (χ3n) is 6.18. The molecule has 12 nitrogen and oxygen atoms in total. The summed E-state index contributed by atoms with van der Waals surface area (Å²) < 4.78 is 0. The van der Waals surface area contributed by atoms with Crippen molar-refractivity contribution in [1.29, 1.82) is 0 Å². The van der Waals surface area contributed by atoms with Gasteiger partial charge in [-0.15, -0.1) is 0 Å². The predicted molar refractivity (Wildman–Crippen MR) is 151 cm³/mol. The highest BCUT2D eigenvalue weighted by molar-refractivity contribution is 5.80. The zero-order valence-electron chi connectivity index (χ0n) is 20.8. The lowest BCUT2D eigenvalue weighted by molar-refractivity contribution is -0.404. The number of benzene rings is 4. The molecule has 0 saturated heterocycles. The molecule has 0 amide bonds. The molecule has 1 aliphatic rings. The van der Waals surface area contributed by atoms with E-state index < -0.39 is 37.6 Å². The molecule has 4 aromatic rings. The minimum Gasteiger partial charge on any atom is -0.497 e. The van der Waals surface area contributed by atoms with Gasteiger partial charge in [-0.3, -0.25) is 30.3 Å². The largest absolute Gasteiger partial charge is 0.497 e. The smallest absolute Gasteiger partial charge is 0.324 e. The Balaban J connectivity index is 0.000000202. The van der Waals surface area contributed by atoms with Crippen molar-refractivity contribution in [3.05, 3.63) is 138 Å². The highest BCUT2D eigenvalue weighted by Gasteiger charge is 2.30. The number of nitrogens with one attached hydrogen (secondary N) is 1. The first kappa shape index (κ1) is 27.3. The number of aromatic hydroxyl groups is 1.